The monoisotopic (exact) mass is 443 g/mol. The van der Waals surface area contributed by atoms with Crippen molar-refractivity contribution in [2.75, 3.05) is 11.5 Å². The van der Waals surface area contributed by atoms with Crippen LogP contribution in [0.3, 0.4) is 0 Å². The number of rotatable bonds is 6. The Morgan fingerprint density at radius 3 is 2.19 bits per heavy atom. The molecule has 32 heavy (non-hydrogen) atoms. The summed E-state index contributed by atoms with van der Waals surface area (Å²) in [5.74, 6) is 0.615. The Balaban J connectivity index is 1.56. The van der Waals surface area contributed by atoms with Crippen LogP contribution in [0.4, 0.5) is 23.7 Å². The topological polar surface area (TPSA) is 59.0 Å². The van der Waals surface area contributed by atoms with Crippen molar-refractivity contribution in [1.29, 1.82) is 0 Å². The number of alkyl halides is 3. The molecule has 3 aromatic carbocycles. The maximum absolute atomic E-state index is 12.9. The number of benzene rings is 3. The van der Waals surface area contributed by atoms with E-state index in [1.807, 2.05) is 30.3 Å². The van der Waals surface area contributed by atoms with Crippen molar-refractivity contribution < 1.29 is 32.5 Å². The number of cyclic esters (lactones) is 1. The highest BCUT2D eigenvalue weighted by Crippen LogP contribution is 2.39. The molecule has 1 N–H and O–H groups in total. The smallest absolute Gasteiger partial charge is 0.416 e. The molecule has 0 spiro atoms. The van der Waals surface area contributed by atoms with E-state index in [1.165, 1.54) is 17.0 Å². The van der Waals surface area contributed by atoms with Crippen molar-refractivity contribution in [3.05, 3.63) is 95.6 Å². The van der Waals surface area contributed by atoms with Gasteiger partial charge >= 0.3 is 12.3 Å². The standard InChI is InChI=1S/C24H20F3NO4/c25-24(26,27)18-8-10-19(11-9-18)28-22(21(14-29)32-23(28)30)17-6-12-20(13-7-17)31-15-16-4-2-1-3-5-16/h1-13,21-22,29H,14-15H2. The number of hydrogen-bond acceptors (Lipinski definition) is 4. The first-order chi connectivity index (χ1) is 15.4. The second kappa shape index (κ2) is 8.92. The Labute approximate surface area is 182 Å². The highest BCUT2D eigenvalue weighted by Gasteiger charge is 2.43. The highest BCUT2D eigenvalue weighted by molar-refractivity contribution is 5.91. The Morgan fingerprint density at radius 2 is 1.59 bits per heavy atom. The molecule has 2 atom stereocenters. The van der Waals surface area contributed by atoms with Crippen LogP contribution in [0.15, 0.2) is 78.9 Å². The first-order valence-corrected chi connectivity index (χ1v) is 9.91. The number of ether oxygens (including phenoxy) is 2. The van der Waals surface area contributed by atoms with Crippen LogP contribution >= 0.6 is 0 Å². The zero-order valence-corrected chi connectivity index (χ0v) is 16.8. The van der Waals surface area contributed by atoms with Crippen LogP contribution in [-0.4, -0.2) is 23.9 Å². The molecular weight excluding hydrogens is 423 g/mol. The molecule has 0 saturated carbocycles. The molecule has 5 nitrogen and oxygen atoms in total. The van der Waals surface area contributed by atoms with Gasteiger partial charge in [-0.25, -0.2) is 4.79 Å². The fraction of sp³-hybridized carbons (Fsp3) is 0.208. The molecule has 3 aromatic rings. The zero-order chi connectivity index (χ0) is 22.7. The maximum atomic E-state index is 12.9. The van der Waals surface area contributed by atoms with E-state index in [4.69, 9.17) is 9.47 Å². The third-order valence-corrected chi connectivity index (χ3v) is 5.20. The van der Waals surface area contributed by atoms with E-state index in [1.54, 1.807) is 24.3 Å². The second-order valence-electron chi connectivity index (χ2n) is 7.31. The molecule has 1 amide bonds. The number of carbonyl (C=O) groups excluding carboxylic acids is 1. The average Bonchev–Trinajstić information content (AvgIpc) is 3.14. The van der Waals surface area contributed by atoms with Crippen molar-refractivity contribution >= 4 is 11.8 Å². The van der Waals surface area contributed by atoms with Crippen molar-refractivity contribution in [2.24, 2.45) is 0 Å². The van der Waals surface area contributed by atoms with Crippen LogP contribution in [0, 0.1) is 0 Å². The molecule has 4 rings (SSSR count). The van der Waals surface area contributed by atoms with Gasteiger partial charge in [0, 0.05) is 5.69 Å². The Morgan fingerprint density at radius 1 is 0.938 bits per heavy atom. The molecule has 0 aromatic heterocycles. The first kappa shape index (κ1) is 21.7. The van der Waals surface area contributed by atoms with Gasteiger partial charge in [-0.05, 0) is 47.5 Å². The highest BCUT2D eigenvalue weighted by atomic mass is 19.4. The molecule has 0 aliphatic carbocycles. The van der Waals surface area contributed by atoms with Gasteiger partial charge in [-0.2, -0.15) is 13.2 Å². The van der Waals surface area contributed by atoms with Gasteiger partial charge in [0.15, 0.2) is 6.10 Å². The number of hydrogen-bond donors (Lipinski definition) is 1. The second-order valence-corrected chi connectivity index (χ2v) is 7.31. The predicted molar refractivity (Wildman–Crippen MR) is 111 cm³/mol. The molecule has 2 unspecified atom stereocenters. The lowest BCUT2D eigenvalue weighted by atomic mass is 10.00. The van der Waals surface area contributed by atoms with Crippen molar-refractivity contribution in [3.8, 4) is 5.75 Å². The number of anilines is 1. The van der Waals surface area contributed by atoms with Crippen LogP contribution in [-0.2, 0) is 17.5 Å². The third kappa shape index (κ3) is 4.55. The zero-order valence-electron chi connectivity index (χ0n) is 16.8. The lowest BCUT2D eigenvalue weighted by Gasteiger charge is -2.25. The van der Waals surface area contributed by atoms with E-state index < -0.39 is 36.6 Å². The normalized spacial score (nSPS) is 18.5. The summed E-state index contributed by atoms with van der Waals surface area (Å²) in [5.41, 5.74) is 1.10. The number of aliphatic hydroxyl groups is 1. The van der Waals surface area contributed by atoms with Crippen LogP contribution in [0.25, 0.3) is 0 Å². The lowest BCUT2D eigenvalue weighted by Crippen LogP contribution is -2.30. The maximum Gasteiger partial charge on any atom is 0.416 e. The molecule has 1 heterocycles. The predicted octanol–water partition coefficient (Wildman–Crippen LogP) is 5.34. The van der Waals surface area contributed by atoms with Crippen LogP contribution < -0.4 is 9.64 Å². The van der Waals surface area contributed by atoms with Gasteiger partial charge in [0.1, 0.15) is 18.4 Å². The molecular formula is C24H20F3NO4. The largest absolute Gasteiger partial charge is 0.489 e. The lowest BCUT2D eigenvalue weighted by molar-refractivity contribution is -0.137. The fourth-order valence-corrected chi connectivity index (χ4v) is 3.61. The minimum Gasteiger partial charge on any atom is -0.489 e. The van der Waals surface area contributed by atoms with E-state index >= 15 is 0 Å². The number of aliphatic hydroxyl groups excluding tert-OH is 1. The Kier molecular flexibility index (Phi) is 6.05. The minimum atomic E-state index is -4.48. The van der Waals surface area contributed by atoms with Crippen LogP contribution in [0.5, 0.6) is 5.75 Å². The first-order valence-electron chi connectivity index (χ1n) is 9.91. The molecule has 1 aliphatic rings. The van der Waals surface area contributed by atoms with Gasteiger partial charge in [0.2, 0.25) is 0 Å². The van der Waals surface area contributed by atoms with E-state index in [9.17, 15) is 23.1 Å². The summed E-state index contributed by atoms with van der Waals surface area (Å²) in [6.07, 6.45) is -6.08. The summed E-state index contributed by atoms with van der Waals surface area (Å²) >= 11 is 0. The number of carbonyl (C=O) groups is 1. The van der Waals surface area contributed by atoms with Crippen LogP contribution in [0.2, 0.25) is 0 Å². The van der Waals surface area contributed by atoms with Gasteiger partial charge in [-0.3, -0.25) is 4.90 Å². The van der Waals surface area contributed by atoms with Gasteiger partial charge in [0.25, 0.3) is 0 Å². The summed E-state index contributed by atoms with van der Waals surface area (Å²) in [7, 11) is 0. The van der Waals surface area contributed by atoms with Crippen molar-refractivity contribution in [1.82, 2.24) is 0 Å². The molecule has 1 aliphatic heterocycles. The average molecular weight is 443 g/mol. The molecule has 166 valence electrons. The summed E-state index contributed by atoms with van der Waals surface area (Å²) in [6.45, 7) is -0.0397. The molecule has 0 bridgehead atoms. The van der Waals surface area contributed by atoms with Gasteiger partial charge in [-0.1, -0.05) is 42.5 Å². The van der Waals surface area contributed by atoms with E-state index in [0.29, 0.717) is 17.9 Å². The summed E-state index contributed by atoms with van der Waals surface area (Å²) < 4.78 is 49.7. The van der Waals surface area contributed by atoms with E-state index in [-0.39, 0.29) is 5.69 Å². The molecule has 1 saturated heterocycles. The minimum absolute atomic E-state index is 0.244. The molecule has 8 heteroatoms. The molecule has 1 fully saturated rings. The van der Waals surface area contributed by atoms with Gasteiger partial charge in [0.05, 0.1) is 12.2 Å². The van der Waals surface area contributed by atoms with Crippen molar-refractivity contribution in [3.63, 3.8) is 0 Å². The quantitative estimate of drug-likeness (QED) is 0.559. The SMILES string of the molecule is O=C1OC(CO)C(c2ccc(OCc3ccccc3)cc2)N1c1ccc(C(F)(F)F)cc1. The Hall–Kier alpha value is -3.52. The van der Waals surface area contributed by atoms with Crippen molar-refractivity contribution in [2.45, 2.75) is 24.9 Å². The third-order valence-electron chi connectivity index (χ3n) is 5.20. The van der Waals surface area contributed by atoms with Crippen LogP contribution in [0.1, 0.15) is 22.7 Å². The summed E-state index contributed by atoms with van der Waals surface area (Å²) in [4.78, 5) is 13.7. The number of amides is 1. The summed E-state index contributed by atoms with van der Waals surface area (Å²) in [5, 5.41) is 9.72. The van der Waals surface area contributed by atoms with E-state index in [0.717, 1.165) is 17.7 Å². The fourth-order valence-electron chi connectivity index (χ4n) is 3.61. The molecule has 0 radical (unpaired) electrons. The number of nitrogens with zero attached hydrogens (tertiary/aromatic N) is 1. The number of halogens is 3. The van der Waals surface area contributed by atoms with E-state index in [2.05, 4.69) is 0 Å². The van der Waals surface area contributed by atoms with Gasteiger partial charge < -0.3 is 14.6 Å². The summed E-state index contributed by atoms with van der Waals surface area (Å²) in [6, 6.07) is 20.2. The Bertz CT molecular complexity index is 1050. The van der Waals surface area contributed by atoms with Gasteiger partial charge in [-0.15, -0.1) is 0 Å².